The molecule has 0 radical (unpaired) electrons. The number of aliphatic hydroxyl groups excluding tert-OH is 1. The van der Waals surface area contributed by atoms with Crippen LogP contribution in [0.15, 0.2) is 66.2 Å². The zero-order valence-corrected chi connectivity index (χ0v) is 23.2. The first-order valence-electron chi connectivity index (χ1n) is 13.5. The second-order valence-corrected chi connectivity index (χ2v) is 10.1. The molecule has 1 amide bonds. The van der Waals surface area contributed by atoms with Crippen LogP contribution in [0, 0.1) is 13.8 Å². The number of anilines is 3. The summed E-state index contributed by atoms with van der Waals surface area (Å²) in [7, 11) is 1.96. The number of rotatable bonds is 6. The molecule has 0 aliphatic carbocycles. The Balaban J connectivity index is 1.69. The lowest BCUT2D eigenvalue weighted by molar-refractivity contribution is -0.132. The Kier molecular flexibility index (Phi) is 7.08. The van der Waals surface area contributed by atoms with E-state index in [1.54, 1.807) is 12.1 Å². The van der Waals surface area contributed by atoms with E-state index >= 15 is 0 Å². The van der Waals surface area contributed by atoms with Gasteiger partial charge in [0.15, 0.2) is 0 Å². The molecule has 1 N–H and O–H groups in total. The minimum Gasteiger partial charge on any atom is -0.507 e. The van der Waals surface area contributed by atoms with Crippen LogP contribution in [0.2, 0.25) is 0 Å². The largest absolute Gasteiger partial charge is 0.507 e. The number of amides is 1. The van der Waals surface area contributed by atoms with Gasteiger partial charge in [-0.3, -0.25) is 14.5 Å². The van der Waals surface area contributed by atoms with Crippen LogP contribution in [-0.2, 0) is 9.59 Å². The van der Waals surface area contributed by atoms with Crippen LogP contribution in [0.1, 0.15) is 42.1 Å². The van der Waals surface area contributed by atoms with Crippen molar-refractivity contribution in [2.24, 2.45) is 0 Å². The highest BCUT2D eigenvalue weighted by Gasteiger charge is 2.47. The van der Waals surface area contributed by atoms with Gasteiger partial charge in [0.2, 0.25) is 0 Å². The Morgan fingerprint density at radius 2 is 1.72 bits per heavy atom. The highest BCUT2D eigenvalue weighted by atomic mass is 16.5. The van der Waals surface area contributed by atoms with Crippen molar-refractivity contribution in [1.82, 2.24) is 0 Å². The number of likely N-dealkylation sites (N-methyl/N-ethyl adjacent to an activating group) is 1. The molecule has 202 valence electrons. The van der Waals surface area contributed by atoms with Crippen molar-refractivity contribution in [3.05, 3.63) is 88.5 Å². The van der Waals surface area contributed by atoms with Crippen molar-refractivity contribution in [3.63, 3.8) is 0 Å². The van der Waals surface area contributed by atoms with Gasteiger partial charge in [0.05, 0.1) is 23.8 Å². The van der Waals surface area contributed by atoms with Crippen LogP contribution in [0.25, 0.3) is 5.76 Å². The molecule has 0 bridgehead atoms. The van der Waals surface area contributed by atoms with Crippen molar-refractivity contribution in [1.29, 1.82) is 0 Å². The third kappa shape index (κ3) is 4.52. The first kappa shape index (κ1) is 26.4. The van der Waals surface area contributed by atoms with E-state index in [0.717, 1.165) is 46.9 Å². The zero-order chi connectivity index (χ0) is 27.8. The van der Waals surface area contributed by atoms with Crippen molar-refractivity contribution >= 4 is 34.5 Å². The maximum Gasteiger partial charge on any atom is 0.300 e. The van der Waals surface area contributed by atoms with Crippen molar-refractivity contribution in [2.45, 2.75) is 33.7 Å². The SMILES string of the molecule is CCN(CC)c1ccc(C2/C(=C(/O)c3ccc4c(c3)N(C)CCO4)C(=O)C(=O)N2c2cccc(C)c2C)cc1. The molecular formula is C32H35N3O4. The highest BCUT2D eigenvalue weighted by molar-refractivity contribution is 6.51. The standard InChI is InChI=1S/C32H35N3O4/c1-6-34(7-2)24-14-11-22(12-15-24)29-28(30(36)23-13-16-27-26(19-23)33(5)17-18-39-27)31(37)32(38)35(29)25-10-8-9-20(3)21(25)4/h8-16,19,29,36H,6-7,17-18H2,1-5H3/b30-28-. The number of hydrogen-bond donors (Lipinski definition) is 1. The first-order valence-corrected chi connectivity index (χ1v) is 13.5. The summed E-state index contributed by atoms with van der Waals surface area (Å²) in [6.45, 7) is 11.2. The third-order valence-corrected chi connectivity index (χ3v) is 7.95. The Morgan fingerprint density at radius 3 is 2.41 bits per heavy atom. The number of nitrogens with zero attached hydrogens (tertiary/aromatic N) is 3. The average molecular weight is 526 g/mol. The van der Waals surface area contributed by atoms with Gasteiger partial charge in [0.25, 0.3) is 11.7 Å². The molecule has 3 aromatic rings. The number of aliphatic hydroxyl groups is 1. The summed E-state index contributed by atoms with van der Waals surface area (Å²) in [5, 5.41) is 11.6. The summed E-state index contributed by atoms with van der Waals surface area (Å²) in [5.74, 6) is -0.824. The van der Waals surface area contributed by atoms with Gasteiger partial charge in [0.1, 0.15) is 18.1 Å². The van der Waals surface area contributed by atoms with E-state index in [1.807, 2.05) is 74.3 Å². The number of ether oxygens (including phenoxy) is 1. The third-order valence-electron chi connectivity index (χ3n) is 7.95. The minimum atomic E-state index is -0.777. The summed E-state index contributed by atoms with van der Waals surface area (Å²) >= 11 is 0. The van der Waals surface area contributed by atoms with Gasteiger partial charge < -0.3 is 19.6 Å². The summed E-state index contributed by atoms with van der Waals surface area (Å²) < 4.78 is 5.76. The smallest absolute Gasteiger partial charge is 0.300 e. The number of ketones is 1. The molecule has 1 unspecified atom stereocenters. The fraction of sp³-hybridized carbons (Fsp3) is 0.312. The molecule has 0 aromatic heterocycles. The van der Waals surface area contributed by atoms with Crippen LogP contribution in [0.4, 0.5) is 17.1 Å². The van der Waals surface area contributed by atoms with Gasteiger partial charge in [-0.15, -0.1) is 0 Å². The molecule has 1 atom stereocenters. The molecule has 2 heterocycles. The van der Waals surface area contributed by atoms with E-state index in [4.69, 9.17) is 4.74 Å². The molecule has 2 aliphatic rings. The second-order valence-electron chi connectivity index (χ2n) is 10.1. The van der Waals surface area contributed by atoms with E-state index in [0.29, 0.717) is 24.4 Å². The van der Waals surface area contributed by atoms with Crippen LogP contribution in [0.3, 0.4) is 0 Å². The highest BCUT2D eigenvalue weighted by Crippen LogP contribution is 2.44. The van der Waals surface area contributed by atoms with Gasteiger partial charge in [-0.25, -0.2) is 0 Å². The number of aryl methyl sites for hydroxylation is 1. The summed E-state index contributed by atoms with van der Waals surface area (Å²) in [4.78, 5) is 33.1. The monoisotopic (exact) mass is 525 g/mol. The molecule has 0 spiro atoms. The fourth-order valence-corrected chi connectivity index (χ4v) is 5.50. The van der Waals surface area contributed by atoms with Crippen LogP contribution in [-0.4, -0.2) is 50.1 Å². The van der Waals surface area contributed by atoms with E-state index in [-0.39, 0.29) is 11.3 Å². The number of Topliss-reactive ketones (excluding diaryl/α,β-unsaturated/α-hetero) is 1. The molecule has 5 rings (SSSR count). The maximum absolute atomic E-state index is 13.7. The predicted molar refractivity (Wildman–Crippen MR) is 156 cm³/mol. The summed E-state index contributed by atoms with van der Waals surface area (Å²) in [5.41, 5.74) is 5.78. The van der Waals surface area contributed by atoms with Crippen molar-refractivity contribution in [2.75, 3.05) is 48.0 Å². The van der Waals surface area contributed by atoms with Crippen LogP contribution < -0.4 is 19.4 Å². The molecule has 7 nitrogen and oxygen atoms in total. The Bertz CT molecular complexity index is 1460. The van der Waals surface area contributed by atoms with Gasteiger partial charge in [0, 0.05) is 37.1 Å². The quantitative estimate of drug-likeness (QED) is 0.256. The molecule has 1 fully saturated rings. The van der Waals surface area contributed by atoms with Crippen molar-refractivity contribution < 1.29 is 19.4 Å². The Labute approximate surface area is 229 Å². The normalized spacial score (nSPS) is 18.2. The topological polar surface area (TPSA) is 73.3 Å². The Morgan fingerprint density at radius 1 is 1.00 bits per heavy atom. The molecule has 2 aliphatic heterocycles. The lowest BCUT2D eigenvalue weighted by Gasteiger charge is -2.29. The first-order chi connectivity index (χ1) is 18.8. The summed E-state index contributed by atoms with van der Waals surface area (Å²) in [6, 6.07) is 18.2. The minimum absolute atomic E-state index is 0.0795. The number of hydrogen-bond acceptors (Lipinski definition) is 6. The number of carbonyl (C=O) groups excluding carboxylic acids is 2. The molecule has 1 saturated heterocycles. The second kappa shape index (κ2) is 10.5. The van der Waals surface area contributed by atoms with E-state index in [1.165, 1.54) is 4.90 Å². The Hall–Kier alpha value is -4.26. The molecular weight excluding hydrogens is 490 g/mol. The van der Waals surface area contributed by atoms with Gasteiger partial charge in [-0.05, 0) is 80.8 Å². The number of benzene rings is 3. The fourth-order valence-electron chi connectivity index (χ4n) is 5.50. The van der Waals surface area contributed by atoms with Gasteiger partial charge in [-0.1, -0.05) is 24.3 Å². The van der Waals surface area contributed by atoms with Crippen molar-refractivity contribution in [3.8, 4) is 5.75 Å². The lowest BCUT2D eigenvalue weighted by atomic mass is 9.94. The maximum atomic E-state index is 13.7. The predicted octanol–water partition coefficient (Wildman–Crippen LogP) is 5.60. The van der Waals surface area contributed by atoms with Crippen LogP contribution in [0.5, 0.6) is 5.75 Å². The number of fused-ring (bicyclic) bond motifs is 1. The lowest BCUT2D eigenvalue weighted by Crippen LogP contribution is -2.30. The van der Waals surface area contributed by atoms with Crippen LogP contribution >= 0.6 is 0 Å². The summed E-state index contributed by atoms with van der Waals surface area (Å²) in [6.07, 6.45) is 0. The molecule has 0 saturated carbocycles. The van der Waals surface area contributed by atoms with E-state index < -0.39 is 17.7 Å². The average Bonchev–Trinajstić information content (AvgIpc) is 3.21. The van der Waals surface area contributed by atoms with E-state index in [2.05, 4.69) is 18.7 Å². The van der Waals surface area contributed by atoms with Gasteiger partial charge in [-0.2, -0.15) is 0 Å². The van der Waals surface area contributed by atoms with Gasteiger partial charge >= 0.3 is 0 Å². The number of carbonyl (C=O) groups is 2. The molecule has 39 heavy (non-hydrogen) atoms. The van der Waals surface area contributed by atoms with E-state index in [9.17, 15) is 14.7 Å². The molecule has 7 heteroatoms. The zero-order valence-electron chi connectivity index (χ0n) is 23.2. The molecule has 3 aromatic carbocycles.